The molecule has 5 heteroatoms. The first-order chi connectivity index (χ1) is 5.33. The maximum atomic E-state index is 11.6. The van der Waals surface area contributed by atoms with E-state index in [9.17, 15) is 4.39 Å². The van der Waals surface area contributed by atoms with Crippen LogP contribution in [0.15, 0.2) is 17.0 Å². The highest BCUT2D eigenvalue weighted by molar-refractivity contribution is 9.10. The Bertz CT molecular complexity index is 214. The smallest absolute Gasteiger partial charge is 0.144 e. The van der Waals surface area contributed by atoms with Crippen molar-refractivity contribution in [2.24, 2.45) is 0 Å². The van der Waals surface area contributed by atoms with Gasteiger partial charge in [-0.25, -0.2) is 14.4 Å². The van der Waals surface area contributed by atoms with Crippen LogP contribution in [-0.4, -0.2) is 23.2 Å². The van der Waals surface area contributed by atoms with Crippen LogP contribution < -0.4 is 5.32 Å². The van der Waals surface area contributed by atoms with E-state index in [0.717, 1.165) is 0 Å². The molecule has 1 aromatic rings. The molecule has 0 aliphatic carbocycles. The van der Waals surface area contributed by atoms with Crippen LogP contribution in [0.1, 0.15) is 0 Å². The van der Waals surface area contributed by atoms with Gasteiger partial charge in [-0.2, -0.15) is 0 Å². The Morgan fingerprint density at radius 3 is 2.82 bits per heavy atom. The van der Waals surface area contributed by atoms with Crippen molar-refractivity contribution in [2.45, 2.75) is 0 Å². The average Bonchev–Trinajstić information content (AvgIpc) is 2.04. The molecule has 11 heavy (non-hydrogen) atoms. The van der Waals surface area contributed by atoms with Crippen LogP contribution in [0.2, 0.25) is 0 Å². The predicted molar refractivity (Wildman–Crippen MR) is 44.2 cm³/mol. The quantitative estimate of drug-likeness (QED) is 0.840. The molecule has 1 heterocycles. The number of nitrogens with one attached hydrogen (secondary N) is 1. The Morgan fingerprint density at radius 2 is 2.27 bits per heavy atom. The van der Waals surface area contributed by atoms with Crippen molar-refractivity contribution in [3.63, 3.8) is 0 Å². The minimum atomic E-state index is -0.405. The van der Waals surface area contributed by atoms with Gasteiger partial charge in [-0.3, -0.25) is 0 Å². The summed E-state index contributed by atoms with van der Waals surface area (Å²) in [6.07, 6.45) is 3.10. The molecule has 60 valence electrons. The zero-order valence-electron chi connectivity index (χ0n) is 5.72. The third-order valence-corrected chi connectivity index (χ3v) is 1.43. The zero-order chi connectivity index (χ0) is 8.10. The van der Waals surface area contributed by atoms with Crippen molar-refractivity contribution in [1.29, 1.82) is 0 Å². The van der Waals surface area contributed by atoms with Crippen molar-refractivity contribution in [3.8, 4) is 0 Å². The molecule has 0 saturated heterocycles. The van der Waals surface area contributed by atoms with E-state index >= 15 is 0 Å². The molecule has 0 aliphatic heterocycles. The van der Waals surface area contributed by atoms with Gasteiger partial charge in [0.15, 0.2) is 0 Å². The molecular formula is C6H7BrFN3. The van der Waals surface area contributed by atoms with E-state index in [2.05, 4.69) is 31.2 Å². The molecule has 0 saturated carbocycles. The highest BCUT2D eigenvalue weighted by Gasteiger charge is 1.92. The maximum absolute atomic E-state index is 11.6. The van der Waals surface area contributed by atoms with E-state index in [-0.39, 0.29) is 6.54 Å². The first-order valence-corrected chi connectivity index (χ1v) is 3.89. The number of nitrogens with zero attached hydrogens (tertiary/aromatic N) is 2. The molecule has 0 atom stereocenters. The molecule has 1 rings (SSSR count). The Morgan fingerprint density at radius 1 is 1.45 bits per heavy atom. The summed E-state index contributed by atoms with van der Waals surface area (Å²) >= 11 is 3.14. The average molecular weight is 220 g/mol. The van der Waals surface area contributed by atoms with E-state index < -0.39 is 6.67 Å². The summed E-state index contributed by atoms with van der Waals surface area (Å²) in [5.74, 6) is 0.589. The van der Waals surface area contributed by atoms with Crippen LogP contribution in [0.3, 0.4) is 0 Å². The van der Waals surface area contributed by atoms with Gasteiger partial charge in [-0.15, -0.1) is 0 Å². The third kappa shape index (κ3) is 2.80. The van der Waals surface area contributed by atoms with E-state index in [4.69, 9.17) is 0 Å². The van der Waals surface area contributed by atoms with Crippen LogP contribution in [-0.2, 0) is 0 Å². The highest BCUT2D eigenvalue weighted by Crippen LogP contribution is 2.05. The monoisotopic (exact) mass is 219 g/mol. The van der Waals surface area contributed by atoms with E-state index in [1.165, 1.54) is 0 Å². The molecule has 0 unspecified atom stereocenters. The highest BCUT2D eigenvalue weighted by atomic mass is 79.9. The summed E-state index contributed by atoms with van der Waals surface area (Å²) < 4.78 is 12.3. The zero-order valence-corrected chi connectivity index (χ0v) is 7.31. The molecular weight excluding hydrogens is 213 g/mol. The van der Waals surface area contributed by atoms with Gasteiger partial charge in [0.25, 0.3) is 0 Å². The molecule has 3 nitrogen and oxygen atoms in total. The number of rotatable bonds is 3. The lowest BCUT2D eigenvalue weighted by molar-refractivity contribution is 0.512. The summed E-state index contributed by atoms with van der Waals surface area (Å²) in [5, 5.41) is 2.75. The summed E-state index contributed by atoms with van der Waals surface area (Å²) in [4.78, 5) is 7.83. The second-order valence-electron chi connectivity index (χ2n) is 1.84. The number of halogens is 2. The van der Waals surface area contributed by atoms with E-state index in [0.29, 0.717) is 10.4 Å². The fourth-order valence-electron chi connectivity index (χ4n) is 0.579. The molecule has 0 amide bonds. The molecule has 0 aliphatic rings. The van der Waals surface area contributed by atoms with Crippen molar-refractivity contribution >= 4 is 21.7 Å². The molecule has 0 radical (unpaired) electrons. The van der Waals surface area contributed by atoms with Gasteiger partial charge in [0.1, 0.15) is 17.1 Å². The molecule has 0 spiro atoms. The van der Waals surface area contributed by atoms with Gasteiger partial charge in [0.2, 0.25) is 0 Å². The standard InChI is InChI=1S/C6H7BrFN3/c7-5-3-11-6(4-10-5)9-2-1-8/h3-4H,1-2H2,(H,9,11). The summed E-state index contributed by atoms with van der Waals surface area (Å²) in [7, 11) is 0. The van der Waals surface area contributed by atoms with Gasteiger partial charge >= 0.3 is 0 Å². The van der Waals surface area contributed by atoms with Gasteiger partial charge in [0, 0.05) is 6.54 Å². The van der Waals surface area contributed by atoms with Crippen LogP contribution in [0.4, 0.5) is 10.2 Å². The normalized spacial score (nSPS) is 9.64. The summed E-state index contributed by atoms with van der Waals surface area (Å²) in [5.41, 5.74) is 0. The fraction of sp³-hybridized carbons (Fsp3) is 0.333. The van der Waals surface area contributed by atoms with Gasteiger partial charge in [-0.1, -0.05) is 0 Å². The van der Waals surface area contributed by atoms with Crippen molar-refractivity contribution in [3.05, 3.63) is 17.0 Å². The lowest BCUT2D eigenvalue weighted by atomic mass is 10.6. The first kappa shape index (κ1) is 8.39. The van der Waals surface area contributed by atoms with Gasteiger partial charge < -0.3 is 5.32 Å². The maximum Gasteiger partial charge on any atom is 0.144 e. The minimum absolute atomic E-state index is 0.274. The lowest BCUT2D eigenvalue weighted by Gasteiger charge is -2.00. The van der Waals surface area contributed by atoms with Crippen LogP contribution in [0, 0.1) is 0 Å². The third-order valence-electron chi connectivity index (χ3n) is 1.02. The largest absolute Gasteiger partial charge is 0.366 e. The van der Waals surface area contributed by atoms with Gasteiger partial charge in [-0.05, 0) is 15.9 Å². The first-order valence-electron chi connectivity index (χ1n) is 3.10. The molecule has 0 fully saturated rings. The van der Waals surface area contributed by atoms with Crippen LogP contribution in [0.25, 0.3) is 0 Å². The number of hydrogen-bond donors (Lipinski definition) is 1. The van der Waals surface area contributed by atoms with Gasteiger partial charge in [0.05, 0.1) is 12.4 Å². The number of hydrogen-bond acceptors (Lipinski definition) is 3. The van der Waals surface area contributed by atoms with Crippen LogP contribution >= 0.6 is 15.9 Å². The minimum Gasteiger partial charge on any atom is -0.366 e. The Balaban J connectivity index is 2.52. The topological polar surface area (TPSA) is 37.8 Å². The van der Waals surface area contributed by atoms with E-state index in [1.807, 2.05) is 0 Å². The lowest BCUT2D eigenvalue weighted by Crippen LogP contribution is -2.04. The second kappa shape index (κ2) is 4.23. The summed E-state index contributed by atoms with van der Waals surface area (Å²) in [6, 6.07) is 0. The SMILES string of the molecule is FCCNc1cnc(Br)cn1. The Labute approximate surface area is 72.2 Å². The van der Waals surface area contributed by atoms with Crippen molar-refractivity contribution in [1.82, 2.24) is 9.97 Å². The van der Waals surface area contributed by atoms with Crippen molar-refractivity contribution < 1.29 is 4.39 Å². The fourth-order valence-corrected chi connectivity index (χ4v) is 0.784. The number of aromatic nitrogens is 2. The number of anilines is 1. The molecule has 0 bridgehead atoms. The second-order valence-corrected chi connectivity index (χ2v) is 2.65. The predicted octanol–water partition coefficient (Wildman–Crippen LogP) is 1.62. The summed E-state index contributed by atoms with van der Waals surface area (Å²) in [6.45, 7) is -0.131. The Kier molecular flexibility index (Phi) is 3.22. The van der Waals surface area contributed by atoms with Crippen LogP contribution in [0.5, 0.6) is 0 Å². The Hall–Kier alpha value is -0.710. The number of alkyl halides is 1. The molecule has 1 N–H and O–H groups in total. The molecule has 0 aromatic carbocycles. The van der Waals surface area contributed by atoms with Crippen molar-refractivity contribution in [2.75, 3.05) is 18.5 Å². The molecule has 1 aromatic heterocycles. The van der Waals surface area contributed by atoms with E-state index in [1.54, 1.807) is 12.4 Å².